The number of aryl methyl sites for hydroxylation is 1. The third-order valence-electron chi connectivity index (χ3n) is 6.01. The van der Waals surface area contributed by atoms with Gasteiger partial charge in [0, 0.05) is 5.56 Å². The van der Waals surface area contributed by atoms with Crippen LogP contribution in [0.2, 0.25) is 0 Å². The molecule has 1 atom stereocenters. The molecule has 2 aromatic heterocycles. The summed E-state index contributed by atoms with van der Waals surface area (Å²) in [5, 5.41) is 11.3. The molecule has 190 valence electrons. The number of aromatic nitrogens is 1. The van der Waals surface area contributed by atoms with Crippen LogP contribution in [0.15, 0.2) is 64.3 Å². The molecule has 3 heterocycles. The Kier molecular flexibility index (Phi) is 6.34. The summed E-state index contributed by atoms with van der Waals surface area (Å²) in [6.45, 7) is 4.11. The first kappa shape index (κ1) is 24.4. The summed E-state index contributed by atoms with van der Waals surface area (Å²) in [5.74, 6) is 0.0429. The van der Waals surface area contributed by atoms with Crippen molar-refractivity contribution in [2.24, 2.45) is 0 Å². The summed E-state index contributed by atoms with van der Waals surface area (Å²) in [7, 11) is 3.00. The third kappa shape index (κ3) is 4.19. The van der Waals surface area contributed by atoms with Crippen molar-refractivity contribution in [1.29, 1.82) is 0 Å². The number of anilines is 1. The average Bonchev–Trinajstić information content (AvgIpc) is 3.59. The Bertz CT molecular complexity index is 1550. The van der Waals surface area contributed by atoms with Gasteiger partial charge in [0.05, 0.1) is 36.6 Å². The Morgan fingerprint density at radius 3 is 2.57 bits per heavy atom. The zero-order valence-electron chi connectivity index (χ0n) is 20.6. The van der Waals surface area contributed by atoms with Gasteiger partial charge < -0.3 is 23.7 Å². The number of fused-ring (bicyclic) bond motifs is 1. The molecule has 0 saturated heterocycles. The van der Waals surface area contributed by atoms with E-state index in [0.29, 0.717) is 45.8 Å². The van der Waals surface area contributed by atoms with E-state index in [2.05, 4.69) is 4.98 Å². The second-order valence-corrected chi connectivity index (χ2v) is 9.26. The molecule has 0 radical (unpaired) electrons. The van der Waals surface area contributed by atoms with Crippen LogP contribution in [0.3, 0.4) is 0 Å². The van der Waals surface area contributed by atoms with Gasteiger partial charge in [-0.2, -0.15) is 0 Å². The number of aliphatic hydroxyl groups is 1. The fourth-order valence-electron chi connectivity index (χ4n) is 4.32. The molecule has 1 aliphatic heterocycles. The smallest absolute Gasteiger partial charge is 0.296 e. The fourth-order valence-corrected chi connectivity index (χ4v) is 5.34. The fraction of sp³-hybridized carbons (Fsp3) is 0.222. The zero-order valence-corrected chi connectivity index (χ0v) is 21.4. The van der Waals surface area contributed by atoms with E-state index in [1.54, 1.807) is 43.3 Å². The maximum atomic E-state index is 13.6. The van der Waals surface area contributed by atoms with E-state index in [0.717, 1.165) is 4.70 Å². The minimum Gasteiger partial charge on any atom is -0.503 e. The third-order valence-corrected chi connectivity index (χ3v) is 7.03. The molecule has 37 heavy (non-hydrogen) atoms. The van der Waals surface area contributed by atoms with Gasteiger partial charge in [-0.15, -0.1) is 0 Å². The first-order valence-electron chi connectivity index (χ1n) is 11.5. The molecule has 5 rings (SSSR count). The van der Waals surface area contributed by atoms with Crippen LogP contribution in [-0.4, -0.2) is 42.6 Å². The number of aliphatic hydroxyl groups excluding tert-OH is 1. The molecule has 0 aliphatic carbocycles. The summed E-state index contributed by atoms with van der Waals surface area (Å²) in [6, 6.07) is 12.6. The number of Topliss-reactive ketones (excluding diaryl/α,β-unsaturated/α-hetero) is 1. The number of ether oxygens (including phenoxy) is 3. The Hall–Kier alpha value is -4.31. The first-order chi connectivity index (χ1) is 17.9. The molecule has 10 heteroatoms. The molecule has 0 bridgehead atoms. The molecule has 9 nitrogen and oxygen atoms in total. The van der Waals surface area contributed by atoms with Crippen LogP contribution in [0.1, 0.15) is 34.8 Å². The number of hydrogen-bond donors (Lipinski definition) is 1. The molecule has 0 fully saturated rings. The molecule has 1 aliphatic rings. The topological polar surface area (TPSA) is 111 Å². The summed E-state index contributed by atoms with van der Waals surface area (Å²) in [5.41, 5.74) is 0.953. The molecule has 0 spiro atoms. The maximum absolute atomic E-state index is 13.6. The van der Waals surface area contributed by atoms with Crippen molar-refractivity contribution < 1.29 is 33.3 Å². The Morgan fingerprint density at radius 1 is 1.11 bits per heavy atom. The van der Waals surface area contributed by atoms with Crippen molar-refractivity contribution in [2.45, 2.75) is 19.9 Å². The number of rotatable bonds is 8. The van der Waals surface area contributed by atoms with E-state index >= 15 is 0 Å². The number of thiazole rings is 1. The van der Waals surface area contributed by atoms with Crippen LogP contribution in [0, 0.1) is 6.92 Å². The average molecular weight is 521 g/mol. The Balaban J connectivity index is 1.70. The van der Waals surface area contributed by atoms with Gasteiger partial charge >= 0.3 is 0 Å². The molecule has 0 unspecified atom stereocenters. The number of furan rings is 1. The van der Waals surface area contributed by atoms with Gasteiger partial charge in [-0.05, 0) is 62.4 Å². The van der Waals surface area contributed by atoms with Crippen molar-refractivity contribution in [3.8, 4) is 17.2 Å². The highest BCUT2D eigenvalue weighted by atomic mass is 32.1. The van der Waals surface area contributed by atoms with Gasteiger partial charge in [0.1, 0.15) is 29.1 Å². The second kappa shape index (κ2) is 9.62. The SMILES string of the molecule is CCOc1ccc2nc(N3C(=O)C(O)=C(C(=O)c4ccc(C)o4)[C@H]3c3cc(OC)ccc3OC)sc2c1. The number of hydrogen-bond acceptors (Lipinski definition) is 9. The molecule has 4 aromatic rings. The highest BCUT2D eigenvalue weighted by Gasteiger charge is 2.47. The minimum atomic E-state index is -1.05. The lowest BCUT2D eigenvalue weighted by atomic mass is 9.94. The minimum absolute atomic E-state index is 0.00576. The van der Waals surface area contributed by atoms with Crippen LogP contribution in [-0.2, 0) is 4.79 Å². The van der Waals surface area contributed by atoms with E-state index in [9.17, 15) is 14.7 Å². The molecule has 1 N–H and O–H groups in total. The van der Waals surface area contributed by atoms with Gasteiger partial charge in [0.15, 0.2) is 16.7 Å². The van der Waals surface area contributed by atoms with E-state index in [1.807, 2.05) is 13.0 Å². The van der Waals surface area contributed by atoms with Crippen molar-refractivity contribution in [1.82, 2.24) is 4.98 Å². The number of nitrogens with zero attached hydrogens (tertiary/aromatic N) is 2. The largest absolute Gasteiger partial charge is 0.503 e. The number of methoxy groups -OCH3 is 2. The summed E-state index contributed by atoms with van der Waals surface area (Å²) in [6.07, 6.45) is 0. The van der Waals surface area contributed by atoms with Crippen LogP contribution >= 0.6 is 11.3 Å². The molecule has 0 saturated carbocycles. The molecule has 2 aromatic carbocycles. The van der Waals surface area contributed by atoms with E-state index in [1.165, 1.54) is 36.5 Å². The van der Waals surface area contributed by atoms with Crippen LogP contribution in [0.25, 0.3) is 10.2 Å². The number of carbonyl (C=O) groups excluding carboxylic acids is 2. The maximum Gasteiger partial charge on any atom is 0.296 e. The van der Waals surface area contributed by atoms with Gasteiger partial charge in [0.25, 0.3) is 5.91 Å². The molecular weight excluding hydrogens is 496 g/mol. The summed E-state index contributed by atoms with van der Waals surface area (Å²) >= 11 is 1.25. The first-order valence-corrected chi connectivity index (χ1v) is 12.3. The summed E-state index contributed by atoms with van der Waals surface area (Å²) in [4.78, 5) is 33.1. The molecule has 1 amide bonds. The normalized spacial score (nSPS) is 15.5. The van der Waals surface area contributed by atoms with Gasteiger partial charge in [0.2, 0.25) is 5.78 Å². The van der Waals surface area contributed by atoms with Crippen LogP contribution in [0.4, 0.5) is 5.13 Å². The number of benzene rings is 2. The Morgan fingerprint density at radius 2 is 1.89 bits per heavy atom. The lowest BCUT2D eigenvalue weighted by Gasteiger charge is -2.26. The van der Waals surface area contributed by atoms with Crippen LogP contribution in [0.5, 0.6) is 17.2 Å². The van der Waals surface area contributed by atoms with Gasteiger partial charge in [-0.3, -0.25) is 14.5 Å². The van der Waals surface area contributed by atoms with Crippen LogP contribution < -0.4 is 19.1 Å². The van der Waals surface area contributed by atoms with Gasteiger partial charge in [-0.1, -0.05) is 11.3 Å². The van der Waals surface area contributed by atoms with E-state index < -0.39 is 23.5 Å². The standard InChI is InChI=1S/C27H24N2O7S/c1-5-35-16-7-9-18-21(13-16)37-27(28-18)29-23(17-12-15(33-3)8-11-19(17)34-4)22(25(31)26(29)32)24(30)20-10-6-14(2)36-20/h6-13,23,31H,5H2,1-4H3/t23-/m1/s1. The Labute approximate surface area is 216 Å². The number of ketones is 1. The summed E-state index contributed by atoms with van der Waals surface area (Å²) < 4.78 is 22.9. The lowest BCUT2D eigenvalue weighted by molar-refractivity contribution is -0.117. The van der Waals surface area contributed by atoms with Crippen molar-refractivity contribution >= 4 is 38.4 Å². The quantitative estimate of drug-likeness (QED) is 0.308. The van der Waals surface area contributed by atoms with E-state index in [4.69, 9.17) is 18.6 Å². The molecular formula is C27H24N2O7S. The second-order valence-electron chi connectivity index (χ2n) is 8.25. The predicted molar refractivity (Wildman–Crippen MR) is 138 cm³/mol. The highest BCUT2D eigenvalue weighted by Crippen LogP contribution is 2.47. The van der Waals surface area contributed by atoms with Gasteiger partial charge in [-0.25, -0.2) is 4.98 Å². The van der Waals surface area contributed by atoms with Crippen molar-refractivity contribution in [3.63, 3.8) is 0 Å². The van der Waals surface area contributed by atoms with Crippen molar-refractivity contribution in [3.05, 3.63) is 76.9 Å². The number of amides is 1. The highest BCUT2D eigenvalue weighted by molar-refractivity contribution is 7.22. The van der Waals surface area contributed by atoms with Crippen molar-refractivity contribution in [2.75, 3.05) is 25.7 Å². The monoisotopic (exact) mass is 520 g/mol. The lowest BCUT2D eigenvalue weighted by Crippen LogP contribution is -2.31. The van der Waals surface area contributed by atoms with E-state index in [-0.39, 0.29) is 11.3 Å². The predicted octanol–water partition coefficient (Wildman–Crippen LogP) is 5.40. The zero-order chi connectivity index (χ0) is 26.3. The number of carbonyl (C=O) groups is 2.